The molecule has 0 radical (unpaired) electrons. The van der Waals surface area contributed by atoms with E-state index in [0.29, 0.717) is 34.7 Å². The van der Waals surface area contributed by atoms with E-state index >= 15 is 0 Å². The average Bonchev–Trinajstić information content (AvgIpc) is 2.63. The van der Waals surface area contributed by atoms with E-state index in [4.69, 9.17) is 23.2 Å². The van der Waals surface area contributed by atoms with Crippen LogP contribution in [0.15, 0.2) is 30.4 Å². The first kappa shape index (κ1) is 23.0. The molecule has 4 nitrogen and oxygen atoms in total. The van der Waals surface area contributed by atoms with Crippen LogP contribution in [0.25, 0.3) is 0 Å². The highest BCUT2D eigenvalue weighted by molar-refractivity contribution is 6.42. The van der Waals surface area contributed by atoms with Gasteiger partial charge in [-0.15, -0.1) is 12.4 Å². The average molecular weight is 420 g/mol. The van der Waals surface area contributed by atoms with Crippen molar-refractivity contribution in [3.63, 3.8) is 0 Å². The van der Waals surface area contributed by atoms with Gasteiger partial charge in [-0.05, 0) is 37.1 Å². The van der Waals surface area contributed by atoms with E-state index in [-0.39, 0.29) is 24.1 Å². The van der Waals surface area contributed by atoms with Crippen LogP contribution in [-0.2, 0) is 4.79 Å². The molecule has 0 saturated carbocycles. The third kappa shape index (κ3) is 5.98. The third-order valence-corrected chi connectivity index (χ3v) is 5.41. The Bertz CT molecular complexity index is 652. The number of hydrogen-bond acceptors (Lipinski definition) is 3. The highest BCUT2D eigenvalue weighted by Crippen LogP contribution is 2.23. The summed E-state index contributed by atoms with van der Waals surface area (Å²) in [6, 6.07) is 5.27. The predicted octanol–water partition coefficient (Wildman–Crippen LogP) is 4.49. The minimum absolute atomic E-state index is 0. The van der Waals surface area contributed by atoms with Gasteiger partial charge in [0.1, 0.15) is 0 Å². The molecule has 1 amide bonds. The number of allylic oxidation sites excluding steroid dienone is 1. The van der Waals surface area contributed by atoms with Crippen LogP contribution in [-0.4, -0.2) is 53.7 Å². The van der Waals surface area contributed by atoms with Crippen LogP contribution in [0.5, 0.6) is 0 Å². The normalized spacial score (nSPS) is 15.3. The molecule has 0 bridgehead atoms. The van der Waals surface area contributed by atoms with Crippen molar-refractivity contribution in [2.75, 3.05) is 26.2 Å². The lowest BCUT2D eigenvalue weighted by Gasteiger charge is -2.38. The first-order valence-electron chi connectivity index (χ1n) is 8.66. The quantitative estimate of drug-likeness (QED) is 0.504. The number of nitrogens with zero attached hydrogens (tertiary/aromatic N) is 2. The molecule has 1 aliphatic heterocycles. The molecule has 2 rings (SSSR count). The van der Waals surface area contributed by atoms with Gasteiger partial charge in [0.2, 0.25) is 5.91 Å². The highest BCUT2D eigenvalue weighted by Gasteiger charge is 2.23. The van der Waals surface area contributed by atoms with Crippen molar-refractivity contribution in [1.29, 1.82) is 0 Å². The molecule has 144 valence electrons. The summed E-state index contributed by atoms with van der Waals surface area (Å²) >= 11 is 11.8. The lowest BCUT2D eigenvalue weighted by atomic mass is 10.1. The molecular weight excluding hydrogens is 395 g/mol. The van der Waals surface area contributed by atoms with Crippen LogP contribution < -0.4 is 0 Å². The summed E-state index contributed by atoms with van der Waals surface area (Å²) in [7, 11) is 0. The monoisotopic (exact) mass is 418 g/mol. The molecule has 0 spiro atoms. The molecule has 1 fully saturated rings. The highest BCUT2D eigenvalue weighted by atomic mass is 35.5. The smallest absolute Gasteiger partial charge is 0.246 e. The van der Waals surface area contributed by atoms with E-state index < -0.39 is 0 Å². The number of hydrogen-bond donors (Lipinski definition) is 0. The number of ketones is 1. The Labute approximate surface area is 171 Å². The molecule has 7 heteroatoms. The molecule has 0 N–H and O–H groups in total. The van der Waals surface area contributed by atoms with E-state index in [0.717, 1.165) is 25.9 Å². The second-order valence-corrected chi connectivity index (χ2v) is 6.97. The maximum absolute atomic E-state index is 12.3. The summed E-state index contributed by atoms with van der Waals surface area (Å²) in [4.78, 5) is 28.7. The lowest BCUT2D eigenvalue weighted by Crippen LogP contribution is -2.51. The molecule has 0 aliphatic carbocycles. The first-order chi connectivity index (χ1) is 12.0. The molecule has 1 aliphatic rings. The topological polar surface area (TPSA) is 40.6 Å². The van der Waals surface area contributed by atoms with Crippen molar-refractivity contribution in [2.24, 2.45) is 0 Å². The maximum Gasteiger partial charge on any atom is 0.246 e. The molecule has 0 unspecified atom stereocenters. The second-order valence-electron chi connectivity index (χ2n) is 6.16. The summed E-state index contributed by atoms with van der Waals surface area (Å²) < 4.78 is 0. The van der Waals surface area contributed by atoms with E-state index in [1.807, 2.05) is 0 Å². The largest absolute Gasteiger partial charge is 0.337 e. The molecule has 1 aromatic carbocycles. The van der Waals surface area contributed by atoms with Crippen molar-refractivity contribution in [3.8, 4) is 0 Å². The number of rotatable bonds is 6. The van der Waals surface area contributed by atoms with Crippen LogP contribution in [0.4, 0.5) is 0 Å². The maximum atomic E-state index is 12.3. The molecule has 1 heterocycles. The number of carbonyl (C=O) groups is 2. The van der Waals surface area contributed by atoms with E-state index in [1.54, 1.807) is 17.0 Å². The SMILES string of the molecule is CCC(CC)N1CCN(C(=O)C=CC(=O)c2ccc(Cl)c(Cl)c2)CC1.Cl. The van der Waals surface area contributed by atoms with E-state index in [9.17, 15) is 9.59 Å². The van der Waals surface area contributed by atoms with Gasteiger partial charge < -0.3 is 4.90 Å². The molecular formula is C19H25Cl3N2O2. The van der Waals surface area contributed by atoms with Crippen molar-refractivity contribution >= 4 is 47.3 Å². The molecule has 0 atom stereocenters. The van der Waals surface area contributed by atoms with E-state index in [2.05, 4.69) is 18.7 Å². The van der Waals surface area contributed by atoms with Gasteiger partial charge >= 0.3 is 0 Å². The van der Waals surface area contributed by atoms with Crippen molar-refractivity contribution < 1.29 is 9.59 Å². The van der Waals surface area contributed by atoms with Crippen molar-refractivity contribution in [2.45, 2.75) is 32.7 Å². The Morgan fingerprint density at radius 1 is 1.04 bits per heavy atom. The fourth-order valence-corrected chi connectivity index (χ4v) is 3.41. The molecule has 26 heavy (non-hydrogen) atoms. The number of halogens is 3. The van der Waals surface area contributed by atoms with Crippen LogP contribution in [0.3, 0.4) is 0 Å². The summed E-state index contributed by atoms with van der Waals surface area (Å²) in [6.45, 7) is 7.55. The zero-order chi connectivity index (χ0) is 18.4. The van der Waals surface area contributed by atoms with Crippen LogP contribution in [0.2, 0.25) is 10.0 Å². The summed E-state index contributed by atoms with van der Waals surface area (Å²) in [5.74, 6) is -0.389. The zero-order valence-corrected chi connectivity index (χ0v) is 17.4. The number of piperazine rings is 1. The van der Waals surface area contributed by atoms with Gasteiger partial charge in [0.15, 0.2) is 5.78 Å². The van der Waals surface area contributed by atoms with Gasteiger partial charge in [-0.2, -0.15) is 0 Å². The van der Waals surface area contributed by atoms with Crippen LogP contribution in [0.1, 0.15) is 37.0 Å². The van der Waals surface area contributed by atoms with Gasteiger partial charge in [-0.3, -0.25) is 14.5 Å². The van der Waals surface area contributed by atoms with Gasteiger partial charge in [-0.25, -0.2) is 0 Å². The number of carbonyl (C=O) groups excluding carboxylic acids is 2. The Morgan fingerprint density at radius 3 is 2.19 bits per heavy atom. The summed E-state index contributed by atoms with van der Waals surface area (Å²) in [5.41, 5.74) is 0.414. The summed E-state index contributed by atoms with van der Waals surface area (Å²) in [6.07, 6.45) is 4.90. The molecule has 1 aromatic rings. The number of amides is 1. The minimum atomic E-state index is -0.261. The zero-order valence-electron chi connectivity index (χ0n) is 15.1. The predicted molar refractivity (Wildman–Crippen MR) is 110 cm³/mol. The Balaban J connectivity index is 0.00000338. The Morgan fingerprint density at radius 2 is 1.65 bits per heavy atom. The fourth-order valence-electron chi connectivity index (χ4n) is 3.11. The second kappa shape index (κ2) is 10.9. The minimum Gasteiger partial charge on any atom is -0.337 e. The van der Waals surface area contributed by atoms with Gasteiger partial charge in [0.05, 0.1) is 10.0 Å². The van der Waals surface area contributed by atoms with Gasteiger partial charge in [-0.1, -0.05) is 37.0 Å². The van der Waals surface area contributed by atoms with Crippen molar-refractivity contribution in [1.82, 2.24) is 9.80 Å². The van der Waals surface area contributed by atoms with Crippen LogP contribution >= 0.6 is 35.6 Å². The molecule has 0 aromatic heterocycles. The Kier molecular flexibility index (Phi) is 9.66. The fraction of sp³-hybridized carbons (Fsp3) is 0.474. The number of benzene rings is 1. The Hall–Kier alpha value is -1.07. The van der Waals surface area contributed by atoms with E-state index in [1.165, 1.54) is 18.2 Å². The van der Waals surface area contributed by atoms with Crippen LogP contribution in [0, 0.1) is 0 Å². The van der Waals surface area contributed by atoms with Crippen molar-refractivity contribution in [3.05, 3.63) is 46.0 Å². The molecule has 1 saturated heterocycles. The standard InChI is InChI=1S/C19H24Cl2N2O2.ClH/c1-3-15(4-2)22-9-11-23(12-10-22)19(25)8-7-18(24)14-5-6-16(20)17(21)13-14;/h5-8,13,15H,3-4,9-12H2,1-2H3;1H. The van der Waals surface area contributed by atoms with Gasteiger partial charge in [0.25, 0.3) is 0 Å². The third-order valence-electron chi connectivity index (χ3n) is 4.67. The lowest BCUT2D eigenvalue weighted by molar-refractivity contribution is -0.128. The van der Waals surface area contributed by atoms with Gasteiger partial charge in [0, 0.05) is 43.9 Å². The summed E-state index contributed by atoms with van der Waals surface area (Å²) in [5, 5.41) is 0.721. The first-order valence-corrected chi connectivity index (χ1v) is 9.42.